The van der Waals surface area contributed by atoms with E-state index in [0.717, 1.165) is 45.6 Å². The predicted molar refractivity (Wildman–Crippen MR) is 166 cm³/mol. The highest BCUT2D eigenvalue weighted by Gasteiger charge is 2.33. The van der Waals surface area contributed by atoms with E-state index < -0.39 is 0 Å². The monoisotopic (exact) mass is 618 g/mol. The van der Waals surface area contributed by atoms with E-state index in [4.69, 9.17) is 9.73 Å². The van der Waals surface area contributed by atoms with Crippen LogP contribution in [0.1, 0.15) is 59.1 Å². The number of aliphatic imine (C=N–C) groups is 1. The number of halogens is 2. The fraction of sp³-hybridized carbons (Fsp3) is 0.273. The highest BCUT2D eigenvalue weighted by atomic mass is 79.9. The van der Waals surface area contributed by atoms with E-state index >= 15 is 0 Å². The third-order valence-corrected chi connectivity index (χ3v) is 9.14. The third kappa shape index (κ3) is 6.53. The normalized spacial score (nSPS) is 15.2. The summed E-state index contributed by atoms with van der Waals surface area (Å²) in [4.78, 5) is 19.6. The zero-order valence-corrected chi connectivity index (χ0v) is 25.2. The molecule has 0 fully saturated rings. The molecule has 0 radical (unpaired) electrons. The Morgan fingerprint density at radius 3 is 2.60 bits per heavy atom. The number of para-hydroxylation sites is 1. The molecular weight excluding hydrogens is 587 g/mol. The zero-order valence-electron chi connectivity index (χ0n) is 22.8. The lowest BCUT2D eigenvalue weighted by atomic mass is 9.72. The average Bonchev–Trinajstić information content (AvgIpc) is 3.30. The number of carbonyl (C=O) groups is 1. The molecular formula is C33H32BrFN2O2S. The smallest absolute Gasteiger partial charge is 0.259 e. The lowest BCUT2D eigenvalue weighted by molar-refractivity contribution is 0.102. The van der Waals surface area contributed by atoms with Crippen molar-refractivity contribution in [2.24, 2.45) is 16.3 Å². The first-order chi connectivity index (χ1) is 19.2. The van der Waals surface area contributed by atoms with Gasteiger partial charge < -0.3 is 10.1 Å². The van der Waals surface area contributed by atoms with Gasteiger partial charge in [0, 0.05) is 22.3 Å². The molecule has 1 amide bonds. The van der Waals surface area contributed by atoms with Crippen molar-refractivity contribution < 1.29 is 13.9 Å². The fourth-order valence-corrected chi connectivity index (χ4v) is 6.75. The molecule has 1 aliphatic rings. The van der Waals surface area contributed by atoms with Gasteiger partial charge in [0.05, 0.1) is 10.0 Å². The van der Waals surface area contributed by atoms with Gasteiger partial charge in [-0.3, -0.25) is 4.79 Å². The molecule has 0 saturated carbocycles. The molecule has 5 rings (SSSR count). The van der Waals surface area contributed by atoms with Crippen LogP contribution in [0.15, 0.2) is 82.3 Å². The lowest BCUT2D eigenvalue weighted by Crippen LogP contribution is -2.27. The number of ether oxygens (including phenoxy) is 1. The van der Waals surface area contributed by atoms with Gasteiger partial charge >= 0.3 is 0 Å². The maximum absolute atomic E-state index is 14.0. The molecule has 7 heteroatoms. The first kappa shape index (κ1) is 28.2. The number of benzene rings is 3. The predicted octanol–water partition coefficient (Wildman–Crippen LogP) is 9.38. The maximum Gasteiger partial charge on any atom is 0.259 e. The summed E-state index contributed by atoms with van der Waals surface area (Å²) in [6.07, 6.45) is 4.68. The highest BCUT2D eigenvalue weighted by molar-refractivity contribution is 9.10. The first-order valence-corrected chi connectivity index (χ1v) is 15.0. The standard InChI is InChI=1S/C33H32BrFN2O2S/c1-33(2,3)23-14-15-25-29(18-23)40-32(30(25)31(38)37-24-10-5-4-6-11-24)36-19-21-13-16-28(26(34)17-21)39-20-22-9-7-8-12-27(22)35/h4-13,16-17,19,23H,14-15,18,20H2,1-3H3,(H,37,38)/t23-/m0/s1. The summed E-state index contributed by atoms with van der Waals surface area (Å²) in [5, 5.41) is 3.79. The molecule has 40 heavy (non-hydrogen) atoms. The van der Waals surface area contributed by atoms with Crippen molar-refractivity contribution >= 4 is 50.1 Å². The van der Waals surface area contributed by atoms with Crippen molar-refractivity contribution in [3.63, 3.8) is 0 Å². The topological polar surface area (TPSA) is 50.7 Å². The second-order valence-corrected chi connectivity index (χ2v) is 13.1. The van der Waals surface area contributed by atoms with Gasteiger partial charge in [0.1, 0.15) is 23.2 Å². The SMILES string of the molecule is CC(C)(C)[C@H]1CCc2c(sc(N=Cc3ccc(OCc4ccccc4F)c(Br)c3)c2C(=O)Nc2ccccc2)C1. The first-order valence-electron chi connectivity index (χ1n) is 13.4. The van der Waals surface area contributed by atoms with Crippen molar-refractivity contribution in [3.05, 3.63) is 110 Å². The van der Waals surface area contributed by atoms with E-state index in [-0.39, 0.29) is 23.7 Å². The zero-order chi connectivity index (χ0) is 28.3. The molecule has 1 aromatic heterocycles. The van der Waals surface area contributed by atoms with Gasteiger partial charge in [-0.2, -0.15) is 0 Å². The molecule has 206 valence electrons. The van der Waals surface area contributed by atoms with Crippen molar-refractivity contribution in [1.82, 2.24) is 0 Å². The van der Waals surface area contributed by atoms with Crippen LogP contribution < -0.4 is 10.1 Å². The number of anilines is 1. The quantitative estimate of drug-likeness (QED) is 0.210. The van der Waals surface area contributed by atoms with Crippen molar-refractivity contribution in [1.29, 1.82) is 0 Å². The summed E-state index contributed by atoms with van der Waals surface area (Å²) in [6.45, 7) is 7.01. The minimum absolute atomic E-state index is 0.122. The molecule has 1 atom stereocenters. The Balaban J connectivity index is 1.39. The molecule has 3 aromatic carbocycles. The lowest BCUT2D eigenvalue weighted by Gasteiger charge is -2.33. The van der Waals surface area contributed by atoms with Gasteiger partial charge in [-0.1, -0.05) is 57.2 Å². The van der Waals surface area contributed by atoms with Crippen LogP contribution in [0.25, 0.3) is 0 Å². The minimum atomic E-state index is -0.290. The summed E-state index contributed by atoms with van der Waals surface area (Å²) in [7, 11) is 0. The number of nitrogens with one attached hydrogen (secondary N) is 1. The third-order valence-electron chi connectivity index (χ3n) is 7.36. The van der Waals surface area contributed by atoms with Crippen LogP contribution in [-0.2, 0) is 19.4 Å². The second kappa shape index (κ2) is 12.1. The van der Waals surface area contributed by atoms with Crippen LogP contribution in [0.5, 0.6) is 5.75 Å². The number of nitrogens with zero attached hydrogens (tertiary/aromatic N) is 1. The van der Waals surface area contributed by atoms with Gasteiger partial charge in [0.15, 0.2) is 0 Å². The Labute approximate surface area is 247 Å². The molecule has 4 aromatic rings. The number of hydrogen-bond donors (Lipinski definition) is 1. The highest BCUT2D eigenvalue weighted by Crippen LogP contribution is 2.45. The Morgan fingerprint density at radius 2 is 1.88 bits per heavy atom. The Kier molecular flexibility index (Phi) is 8.52. The van der Waals surface area contributed by atoms with Crippen LogP contribution in [0.2, 0.25) is 0 Å². The van der Waals surface area contributed by atoms with E-state index in [1.54, 1.807) is 35.8 Å². The van der Waals surface area contributed by atoms with E-state index in [2.05, 4.69) is 42.0 Å². The van der Waals surface area contributed by atoms with Gasteiger partial charge in [-0.05, 0) is 94.1 Å². The van der Waals surface area contributed by atoms with E-state index in [1.807, 2.05) is 48.5 Å². The van der Waals surface area contributed by atoms with Crippen molar-refractivity contribution in [2.75, 3.05) is 5.32 Å². The van der Waals surface area contributed by atoms with Gasteiger partial charge in [0.25, 0.3) is 5.91 Å². The van der Waals surface area contributed by atoms with Crippen LogP contribution in [0, 0.1) is 17.2 Å². The maximum atomic E-state index is 14.0. The number of amides is 1. The van der Waals surface area contributed by atoms with Crippen LogP contribution >= 0.6 is 27.3 Å². The van der Waals surface area contributed by atoms with E-state index in [0.29, 0.717) is 22.8 Å². The van der Waals surface area contributed by atoms with Crippen molar-refractivity contribution in [2.45, 2.75) is 46.6 Å². The van der Waals surface area contributed by atoms with Crippen LogP contribution in [0.4, 0.5) is 15.1 Å². The van der Waals surface area contributed by atoms with Gasteiger partial charge in [-0.15, -0.1) is 11.3 Å². The Bertz CT molecular complexity index is 1540. The summed E-state index contributed by atoms with van der Waals surface area (Å²) in [5.74, 6) is 0.765. The summed E-state index contributed by atoms with van der Waals surface area (Å²) in [5.41, 5.74) is 4.14. The number of thiophene rings is 1. The number of carbonyl (C=O) groups excluding carboxylic acids is 1. The molecule has 0 unspecified atom stereocenters. The molecule has 0 aliphatic heterocycles. The Hall–Kier alpha value is -3.29. The molecule has 1 N–H and O–H groups in total. The molecule has 1 aliphatic carbocycles. The van der Waals surface area contributed by atoms with Crippen molar-refractivity contribution in [3.8, 4) is 5.75 Å². The number of fused-ring (bicyclic) bond motifs is 1. The van der Waals surface area contributed by atoms with Crippen LogP contribution in [0.3, 0.4) is 0 Å². The summed E-state index contributed by atoms with van der Waals surface area (Å²) in [6, 6.07) is 21.8. The minimum Gasteiger partial charge on any atom is -0.488 e. The largest absolute Gasteiger partial charge is 0.488 e. The van der Waals surface area contributed by atoms with E-state index in [1.165, 1.54) is 10.9 Å². The number of hydrogen-bond acceptors (Lipinski definition) is 4. The summed E-state index contributed by atoms with van der Waals surface area (Å²) < 4.78 is 20.5. The van der Waals surface area contributed by atoms with E-state index in [9.17, 15) is 9.18 Å². The fourth-order valence-electron chi connectivity index (χ4n) is 4.97. The number of rotatable bonds is 7. The molecule has 4 nitrogen and oxygen atoms in total. The van der Waals surface area contributed by atoms with Gasteiger partial charge in [-0.25, -0.2) is 9.38 Å². The average molecular weight is 620 g/mol. The molecule has 1 heterocycles. The van der Waals surface area contributed by atoms with Crippen LogP contribution in [-0.4, -0.2) is 12.1 Å². The molecule has 0 saturated heterocycles. The second-order valence-electron chi connectivity index (χ2n) is 11.1. The van der Waals surface area contributed by atoms with Gasteiger partial charge in [0.2, 0.25) is 0 Å². The molecule has 0 bridgehead atoms. The summed E-state index contributed by atoms with van der Waals surface area (Å²) >= 11 is 5.19. The Morgan fingerprint density at radius 1 is 1.12 bits per heavy atom. The molecule has 0 spiro atoms.